The van der Waals surface area contributed by atoms with Gasteiger partial charge in [-0.05, 0) is 18.1 Å². The number of nitrogens with zero attached hydrogens (tertiary/aromatic N) is 1. The Balaban J connectivity index is 1.76. The maximum atomic E-state index is 12.6. The van der Waals surface area contributed by atoms with Crippen LogP contribution in [0.4, 0.5) is 5.69 Å². The van der Waals surface area contributed by atoms with Crippen molar-refractivity contribution < 1.29 is 19.8 Å². The van der Waals surface area contributed by atoms with Crippen molar-refractivity contribution in [2.24, 2.45) is 5.92 Å². The fraction of sp³-hybridized carbons (Fsp3) is 0.467. The van der Waals surface area contributed by atoms with Crippen LogP contribution in [0.2, 0.25) is 0 Å². The number of hydrogen-bond donors (Lipinski definition) is 3. The highest BCUT2D eigenvalue weighted by atomic mass is 16.4. The van der Waals surface area contributed by atoms with Crippen LogP contribution in [0.5, 0.6) is 0 Å². The molecule has 1 aromatic carbocycles. The summed E-state index contributed by atoms with van der Waals surface area (Å²) in [4.78, 5) is 25.1. The fourth-order valence-electron chi connectivity index (χ4n) is 3.14. The molecule has 0 saturated carbocycles. The molecule has 0 bridgehead atoms. The van der Waals surface area contributed by atoms with Gasteiger partial charge in [0.05, 0.1) is 12.0 Å². The van der Waals surface area contributed by atoms with Gasteiger partial charge in [0, 0.05) is 25.2 Å². The van der Waals surface area contributed by atoms with Crippen LogP contribution in [0.1, 0.15) is 12.0 Å². The summed E-state index contributed by atoms with van der Waals surface area (Å²) in [6.45, 7) is 0.600. The number of likely N-dealkylation sites (tertiary alicyclic amines) is 1. The minimum atomic E-state index is -1.05. The second kappa shape index (κ2) is 5.37. The van der Waals surface area contributed by atoms with E-state index in [-0.39, 0.29) is 24.8 Å². The summed E-state index contributed by atoms with van der Waals surface area (Å²) in [5.74, 6) is -1.53. The molecule has 3 rings (SSSR count). The van der Waals surface area contributed by atoms with E-state index in [0.29, 0.717) is 13.0 Å². The highest BCUT2D eigenvalue weighted by Crippen LogP contribution is 2.28. The van der Waals surface area contributed by atoms with Crippen molar-refractivity contribution in [2.45, 2.75) is 25.0 Å². The van der Waals surface area contributed by atoms with E-state index in [2.05, 4.69) is 5.32 Å². The lowest BCUT2D eigenvalue weighted by Crippen LogP contribution is -2.46. The molecule has 0 radical (unpaired) electrons. The summed E-state index contributed by atoms with van der Waals surface area (Å²) in [7, 11) is 0. The molecule has 0 spiro atoms. The molecular weight excluding hydrogens is 272 g/mol. The monoisotopic (exact) mass is 290 g/mol. The smallest absolute Gasteiger partial charge is 0.326 e. The van der Waals surface area contributed by atoms with Crippen molar-refractivity contribution in [3.63, 3.8) is 0 Å². The lowest BCUT2D eigenvalue weighted by atomic mass is 9.92. The molecule has 2 heterocycles. The van der Waals surface area contributed by atoms with Crippen molar-refractivity contribution in [3.05, 3.63) is 29.8 Å². The summed E-state index contributed by atoms with van der Waals surface area (Å²) in [5, 5.41) is 22.1. The Morgan fingerprint density at radius 2 is 2.05 bits per heavy atom. The number of aliphatic hydroxyl groups is 1. The van der Waals surface area contributed by atoms with Gasteiger partial charge >= 0.3 is 5.97 Å². The molecule has 0 aromatic heterocycles. The second-order valence-corrected chi connectivity index (χ2v) is 5.67. The number of aliphatic carboxylic acids is 1. The molecule has 3 unspecified atom stereocenters. The number of para-hydroxylation sites is 1. The number of aliphatic hydroxyl groups excluding tert-OH is 1. The van der Waals surface area contributed by atoms with Gasteiger partial charge in [0.15, 0.2) is 0 Å². The quantitative estimate of drug-likeness (QED) is 0.730. The highest BCUT2D eigenvalue weighted by molar-refractivity contribution is 5.87. The third-order valence-electron chi connectivity index (χ3n) is 4.22. The van der Waals surface area contributed by atoms with Crippen LogP contribution < -0.4 is 5.32 Å². The topological polar surface area (TPSA) is 89.9 Å². The maximum absolute atomic E-state index is 12.6. The zero-order valence-electron chi connectivity index (χ0n) is 11.5. The van der Waals surface area contributed by atoms with Crippen LogP contribution in [0.3, 0.4) is 0 Å². The first-order valence-corrected chi connectivity index (χ1v) is 7.09. The van der Waals surface area contributed by atoms with Gasteiger partial charge in [0.2, 0.25) is 5.91 Å². The van der Waals surface area contributed by atoms with Crippen molar-refractivity contribution in [1.82, 2.24) is 4.90 Å². The number of carbonyl (C=O) groups excluding carboxylic acids is 1. The Morgan fingerprint density at radius 1 is 1.29 bits per heavy atom. The van der Waals surface area contributed by atoms with Crippen molar-refractivity contribution in [3.8, 4) is 0 Å². The third-order valence-corrected chi connectivity index (χ3v) is 4.22. The lowest BCUT2D eigenvalue weighted by molar-refractivity contribution is -0.149. The number of amides is 1. The van der Waals surface area contributed by atoms with E-state index in [0.717, 1.165) is 11.3 Å². The molecule has 6 heteroatoms. The number of β-amino-alcohol motifs (C(OH)–C–C–N with tert-alkyl or cyclic N) is 1. The predicted molar refractivity (Wildman–Crippen MR) is 75.9 cm³/mol. The van der Waals surface area contributed by atoms with E-state index in [9.17, 15) is 19.8 Å². The van der Waals surface area contributed by atoms with Crippen LogP contribution in [0, 0.1) is 5.92 Å². The molecule has 2 aliphatic heterocycles. The molecule has 1 aromatic rings. The molecule has 112 valence electrons. The molecule has 0 aliphatic carbocycles. The number of nitrogens with one attached hydrogen (secondary N) is 1. The SMILES string of the molecule is O=C(O)C1CC(O)CN1C(=O)C1CNc2ccccc2C1. The average molecular weight is 290 g/mol. The van der Waals surface area contributed by atoms with E-state index in [1.165, 1.54) is 4.90 Å². The van der Waals surface area contributed by atoms with Gasteiger partial charge in [-0.3, -0.25) is 4.79 Å². The van der Waals surface area contributed by atoms with Gasteiger partial charge in [0.1, 0.15) is 6.04 Å². The summed E-state index contributed by atoms with van der Waals surface area (Å²) in [6.07, 6.45) is -0.0439. The molecule has 1 saturated heterocycles. The molecule has 3 atom stereocenters. The minimum Gasteiger partial charge on any atom is -0.480 e. The van der Waals surface area contributed by atoms with E-state index >= 15 is 0 Å². The van der Waals surface area contributed by atoms with Gasteiger partial charge in [-0.15, -0.1) is 0 Å². The first-order chi connectivity index (χ1) is 10.1. The van der Waals surface area contributed by atoms with E-state index < -0.39 is 18.1 Å². The Labute approximate surface area is 122 Å². The molecule has 6 nitrogen and oxygen atoms in total. The predicted octanol–water partition coefficient (Wildman–Crippen LogP) is 0.317. The van der Waals surface area contributed by atoms with Crippen molar-refractivity contribution >= 4 is 17.6 Å². The summed E-state index contributed by atoms with van der Waals surface area (Å²) in [5.41, 5.74) is 2.09. The van der Waals surface area contributed by atoms with Crippen molar-refractivity contribution in [2.75, 3.05) is 18.4 Å². The van der Waals surface area contributed by atoms with Crippen LogP contribution in [0.15, 0.2) is 24.3 Å². The van der Waals surface area contributed by atoms with Crippen LogP contribution >= 0.6 is 0 Å². The number of carboxylic acids is 1. The van der Waals surface area contributed by atoms with Gasteiger partial charge in [0.25, 0.3) is 0 Å². The highest BCUT2D eigenvalue weighted by Gasteiger charge is 2.41. The Hall–Kier alpha value is -2.08. The van der Waals surface area contributed by atoms with Gasteiger partial charge < -0.3 is 20.4 Å². The van der Waals surface area contributed by atoms with Crippen LogP contribution in [-0.2, 0) is 16.0 Å². The van der Waals surface area contributed by atoms with Gasteiger partial charge in [-0.2, -0.15) is 0 Å². The molecule has 21 heavy (non-hydrogen) atoms. The third kappa shape index (κ3) is 2.58. The summed E-state index contributed by atoms with van der Waals surface area (Å²) >= 11 is 0. The number of anilines is 1. The van der Waals surface area contributed by atoms with Gasteiger partial charge in [-0.25, -0.2) is 4.79 Å². The number of carboxylic acid groups (broad SMARTS) is 1. The maximum Gasteiger partial charge on any atom is 0.326 e. The summed E-state index contributed by atoms with van der Waals surface area (Å²) < 4.78 is 0. The normalized spacial score (nSPS) is 27.9. The summed E-state index contributed by atoms with van der Waals surface area (Å²) in [6, 6.07) is 6.88. The lowest BCUT2D eigenvalue weighted by Gasteiger charge is -2.30. The first kappa shape index (κ1) is 13.9. The Kier molecular flexibility index (Phi) is 3.55. The number of hydrogen-bond acceptors (Lipinski definition) is 4. The van der Waals surface area contributed by atoms with Crippen LogP contribution in [0.25, 0.3) is 0 Å². The molecule has 1 fully saturated rings. The fourth-order valence-corrected chi connectivity index (χ4v) is 3.14. The Bertz CT molecular complexity index is 575. The van der Waals surface area contributed by atoms with Crippen molar-refractivity contribution in [1.29, 1.82) is 0 Å². The molecule has 1 amide bonds. The standard InChI is InChI=1S/C15H18N2O4/c18-11-6-13(15(20)21)17(8-11)14(19)10-5-9-3-1-2-4-12(9)16-7-10/h1-4,10-11,13,16,18H,5-8H2,(H,20,21). The van der Waals surface area contributed by atoms with E-state index in [1.54, 1.807) is 0 Å². The molecule has 3 N–H and O–H groups in total. The second-order valence-electron chi connectivity index (χ2n) is 5.67. The zero-order chi connectivity index (χ0) is 15.0. The average Bonchev–Trinajstić information content (AvgIpc) is 2.88. The van der Waals surface area contributed by atoms with Gasteiger partial charge in [-0.1, -0.05) is 18.2 Å². The first-order valence-electron chi connectivity index (χ1n) is 7.09. The molecular formula is C15H18N2O4. The largest absolute Gasteiger partial charge is 0.480 e. The Morgan fingerprint density at radius 3 is 2.81 bits per heavy atom. The van der Waals surface area contributed by atoms with Crippen LogP contribution in [-0.4, -0.2) is 52.2 Å². The van der Waals surface area contributed by atoms with E-state index in [1.807, 2.05) is 24.3 Å². The number of fused-ring (bicyclic) bond motifs is 1. The number of benzene rings is 1. The van der Waals surface area contributed by atoms with E-state index in [4.69, 9.17) is 0 Å². The number of carbonyl (C=O) groups is 2. The zero-order valence-corrected chi connectivity index (χ0v) is 11.5. The molecule has 2 aliphatic rings. The minimum absolute atomic E-state index is 0.105. The number of rotatable bonds is 2.